The summed E-state index contributed by atoms with van der Waals surface area (Å²) in [6.45, 7) is 9.25. The Bertz CT molecular complexity index is 153. The van der Waals surface area contributed by atoms with Gasteiger partial charge in [0.15, 0.2) is 0 Å². The van der Waals surface area contributed by atoms with Crippen molar-refractivity contribution in [3.8, 4) is 0 Å². The Morgan fingerprint density at radius 1 is 1.17 bits per heavy atom. The molecule has 0 N–H and O–H groups in total. The third kappa shape index (κ3) is 1.38. The maximum atomic E-state index is 5.59. The first-order chi connectivity index (χ1) is 5.66. The van der Waals surface area contributed by atoms with E-state index in [-0.39, 0.29) is 0 Å². The van der Waals surface area contributed by atoms with Gasteiger partial charge in [0.1, 0.15) is 0 Å². The standard InChI is InChI=1S/C10H19NO/c1-7(2)8(3)11-5-9-4-10(6-11)12-9/h7-10H,4-6H2,1-3H3. The van der Waals surface area contributed by atoms with Crippen molar-refractivity contribution in [2.75, 3.05) is 13.1 Å². The molecule has 0 radical (unpaired) electrons. The maximum absolute atomic E-state index is 5.59. The van der Waals surface area contributed by atoms with Gasteiger partial charge in [-0.1, -0.05) is 13.8 Å². The molecular weight excluding hydrogens is 150 g/mol. The third-order valence-electron chi connectivity index (χ3n) is 3.33. The molecule has 0 spiro atoms. The van der Waals surface area contributed by atoms with Crippen LogP contribution >= 0.6 is 0 Å². The van der Waals surface area contributed by atoms with Crippen molar-refractivity contribution < 1.29 is 4.74 Å². The van der Waals surface area contributed by atoms with E-state index in [9.17, 15) is 0 Å². The molecule has 3 heterocycles. The van der Waals surface area contributed by atoms with E-state index in [2.05, 4.69) is 25.7 Å². The van der Waals surface area contributed by atoms with Crippen molar-refractivity contribution in [3.05, 3.63) is 0 Å². The molecule has 3 atom stereocenters. The van der Waals surface area contributed by atoms with Crippen LogP contribution in [0.4, 0.5) is 0 Å². The molecule has 3 fully saturated rings. The first-order valence-electron chi connectivity index (χ1n) is 5.06. The van der Waals surface area contributed by atoms with Crippen molar-refractivity contribution in [1.82, 2.24) is 4.90 Å². The minimum atomic E-state index is 0.560. The molecule has 3 aliphatic rings. The van der Waals surface area contributed by atoms with E-state index in [1.165, 1.54) is 6.42 Å². The van der Waals surface area contributed by atoms with E-state index in [4.69, 9.17) is 4.74 Å². The second-order valence-corrected chi connectivity index (χ2v) is 4.55. The van der Waals surface area contributed by atoms with Gasteiger partial charge in [0.2, 0.25) is 0 Å². The minimum Gasteiger partial charge on any atom is -0.372 e. The highest BCUT2D eigenvalue weighted by molar-refractivity contribution is 4.91. The lowest BCUT2D eigenvalue weighted by atomic mass is 9.94. The molecule has 3 rings (SSSR count). The van der Waals surface area contributed by atoms with Gasteiger partial charge < -0.3 is 4.74 Å². The van der Waals surface area contributed by atoms with Gasteiger partial charge in [0.25, 0.3) is 0 Å². The molecule has 2 nitrogen and oxygen atoms in total. The number of morpholine rings is 1. The Balaban J connectivity index is 1.89. The summed E-state index contributed by atoms with van der Waals surface area (Å²) in [6.07, 6.45) is 2.43. The van der Waals surface area contributed by atoms with E-state index in [1.54, 1.807) is 0 Å². The van der Waals surface area contributed by atoms with Gasteiger partial charge in [-0.2, -0.15) is 0 Å². The second-order valence-electron chi connectivity index (χ2n) is 4.55. The number of ether oxygens (including phenoxy) is 1. The number of nitrogens with zero attached hydrogens (tertiary/aromatic N) is 1. The van der Waals surface area contributed by atoms with E-state index >= 15 is 0 Å². The van der Waals surface area contributed by atoms with Crippen LogP contribution in [0.25, 0.3) is 0 Å². The summed E-state index contributed by atoms with van der Waals surface area (Å²) in [7, 11) is 0. The third-order valence-corrected chi connectivity index (χ3v) is 3.33. The summed E-state index contributed by atoms with van der Waals surface area (Å²) < 4.78 is 5.59. The number of piperidine rings is 1. The highest BCUT2D eigenvalue weighted by Gasteiger charge is 2.39. The fourth-order valence-corrected chi connectivity index (χ4v) is 2.14. The Kier molecular flexibility index (Phi) is 2.13. The normalized spacial score (nSPS) is 38.0. The molecule has 0 aromatic rings. The zero-order chi connectivity index (χ0) is 8.72. The average molecular weight is 169 g/mol. The van der Waals surface area contributed by atoms with Crippen LogP contribution in [0, 0.1) is 5.92 Å². The molecule has 0 aromatic carbocycles. The van der Waals surface area contributed by atoms with Crippen LogP contribution in [-0.4, -0.2) is 36.2 Å². The van der Waals surface area contributed by atoms with Crippen LogP contribution in [-0.2, 0) is 4.74 Å². The molecule has 3 aliphatic heterocycles. The zero-order valence-electron chi connectivity index (χ0n) is 8.29. The molecule has 2 heteroatoms. The van der Waals surface area contributed by atoms with Crippen LogP contribution in [0.1, 0.15) is 27.2 Å². The molecule has 0 amide bonds. The average Bonchev–Trinajstić information content (AvgIpc) is 2.02. The Morgan fingerprint density at radius 2 is 1.67 bits per heavy atom. The van der Waals surface area contributed by atoms with Crippen LogP contribution in [0.2, 0.25) is 0 Å². The van der Waals surface area contributed by atoms with Crippen LogP contribution in [0.3, 0.4) is 0 Å². The van der Waals surface area contributed by atoms with Gasteiger partial charge >= 0.3 is 0 Å². The number of hydrogen-bond donors (Lipinski definition) is 0. The fourth-order valence-electron chi connectivity index (χ4n) is 2.14. The molecule has 2 bridgehead atoms. The van der Waals surface area contributed by atoms with Gasteiger partial charge in [-0.25, -0.2) is 0 Å². The van der Waals surface area contributed by atoms with Gasteiger partial charge in [-0.05, 0) is 12.8 Å². The molecule has 70 valence electrons. The van der Waals surface area contributed by atoms with E-state index in [0.29, 0.717) is 12.2 Å². The summed E-state index contributed by atoms with van der Waals surface area (Å²) >= 11 is 0. The van der Waals surface area contributed by atoms with Crippen molar-refractivity contribution in [2.24, 2.45) is 5.92 Å². The number of hydrogen-bond acceptors (Lipinski definition) is 2. The van der Waals surface area contributed by atoms with E-state index in [0.717, 1.165) is 25.0 Å². The van der Waals surface area contributed by atoms with Crippen LogP contribution in [0.5, 0.6) is 0 Å². The smallest absolute Gasteiger partial charge is 0.0731 e. The van der Waals surface area contributed by atoms with Crippen molar-refractivity contribution in [2.45, 2.75) is 45.4 Å². The first-order valence-corrected chi connectivity index (χ1v) is 5.06. The summed E-state index contributed by atoms with van der Waals surface area (Å²) in [5, 5.41) is 0. The topological polar surface area (TPSA) is 12.5 Å². The summed E-state index contributed by atoms with van der Waals surface area (Å²) in [5.74, 6) is 0.766. The van der Waals surface area contributed by atoms with Crippen molar-refractivity contribution in [1.29, 1.82) is 0 Å². The Morgan fingerprint density at radius 3 is 2.08 bits per heavy atom. The molecule has 0 saturated carbocycles. The van der Waals surface area contributed by atoms with E-state index < -0.39 is 0 Å². The zero-order valence-corrected chi connectivity index (χ0v) is 8.29. The molecule has 3 unspecified atom stereocenters. The Hall–Kier alpha value is -0.0800. The fraction of sp³-hybridized carbons (Fsp3) is 1.00. The first kappa shape index (κ1) is 8.52. The lowest BCUT2D eigenvalue weighted by Crippen LogP contribution is -2.60. The predicted molar refractivity (Wildman–Crippen MR) is 49.2 cm³/mol. The highest BCUT2D eigenvalue weighted by atomic mass is 16.5. The summed E-state index contributed by atoms with van der Waals surface area (Å²) in [5.41, 5.74) is 0. The SMILES string of the molecule is CC(C)C(C)N1CC2CC(C1)O2. The van der Waals surface area contributed by atoms with Gasteiger partial charge in [0, 0.05) is 25.6 Å². The molecule has 0 aromatic heterocycles. The maximum Gasteiger partial charge on any atom is 0.0731 e. The van der Waals surface area contributed by atoms with E-state index in [1.807, 2.05) is 0 Å². The number of rotatable bonds is 2. The predicted octanol–water partition coefficient (Wildman–Crippen LogP) is 1.50. The molecule has 12 heavy (non-hydrogen) atoms. The largest absolute Gasteiger partial charge is 0.372 e. The van der Waals surface area contributed by atoms with Crippen LogP contribution in [0.15, 0.2) is 0 Å². The minimum absolute atomic E-state index is 0.560. The van der Waals surface area contributed by atoms with Crippen molar-refractivity contribution in [3.63, 3.8) is 0 Å². The molecular formula is C10H19NO. The second kappa shape index (κ2) is 3.00. The monoisotopic (exact) mass is 169 g/mol. The Labute approximate surface area is 74.9 Å². The van der Waals surface area contributed by atoms with Gasteiger partial charge in [-0.15, -0.1) is 0 Å². The van der Waals surface area contributed by atoms with Gasteiger partial charge in [0.05, 0.1) is 12.2 Å². The highest BCUT2D eigenvalue weighted by Crippen LogP contribution is 2.30. The summed E-state index contributed by atoms with van der Waals surface area (Å²) in [6, 6.07) is 0.721. The van der Waals surface area contributed by atoms with Crippen molar-refractivity contribution >= 4 is 0 Å². The summed E-state index contributed by atoms with van der Waals surface area (Å²) in [4.78, 5) is 2.58. The lowest BCUT2D eigenvalue weighted by Gasteiger charge is -2.49. The van der Waals surface area contributed by atoms with Gasteiger partial charge in [-0.3, -0.25) is 4.90 Å². The number of fused-ring (bicyclic) bond motifs is 2. The molecule has 3 saturated heterocycles. The molecule has 0 aliphatic carbocycles. The van der Waals surface area contributed by atoms with Crippen LogP contribution < -0.4 is 0 Å². The lowest BCUT2D eigenvalue weighted by molar-refractivity contribution is -0.189. The quantitative estimate of drug-likeness (QED) is 0.621.